The zero-order valence-corrected chi connectivity index (χ0v) is 11.8. The fourth-order valence-corrected chi connectivity index (χ4v) is 1.93. The molecule has 1 aromatic carbocycles. The third-order valence-corrected chi connectivity index (χ3v) is 2.92. The fourth-order valence-electron chi connectivity index (χ4n) is 1.93. The molecule has 1 unspecified atom stereocenters. The van der Waals surface area contributed by atoms with Crippen molar-refractivity contribution < 1.29 is 9.53 Å². The summed E-state index contributed by atoms with van der Waals surface area (Å²) in [7, 11) is 1.62. The molecule has 1 rings (SSSR count). The van der Waals surface area contributed by atoms with Gasteiger partial charge in [-0.05, 0) is 12.0 Å². The molecule has 0 heterocycles. The summed E-state index contributed by atoms with van der Waals surface area (Å²) < 4.78 is 4.89. The number of methoxy groups -OCH3 is 1. The van der Waals surface area contributed by atoms with Gasteiger partial charge in [0.1, 0.15) is 0 Å². The van der Waals surface area contributed by atoms with Crippen LogP contribution in [0.1, 0.15) is 31.4 Å². The van der Waals surface area contributed by atoms with E-state index >= 15 is 0 Å². The van der Waals surface area contributed by atoms with Gasteiger partial charge in [-0.15, -0.1) is 0 Å². The van der Waals surface area contributed by atoms with Crippen LogP contribution in [0.15, 0.2) is 30.3 Å². The number of nitrogens with one attached hydrogen (secondary N) is 2. The molecule has 1 atom stereocenters. The van der Waals surface area contributed by atoms with Gasteiger partial charge in [-0.1, -0.05) is 43.7 Å². The number of benzene rings is 1. The topological polar surface area (TPSA) is 50.4 Å². The Labute approximate surface area is 115 Å². The Kier molecular flexibility index (Phi) is 7.86. The number of rotatable bonds is 9. The normalized spacial score (nSPS) is 12.1. The largest absolute Gasteiger partial charge is 0.383 e. The van der Waals surface area contributed by atoms with Gasteiger partial charge in [-0.25, -0.2) is 0 Å². The van der Waals surface area contributed by atoms with E-state index in [2.05, 4.69) is 29.7 Å². The summed E-state index contributed by atoms with van der Waals surface area (Å²) in [6, 6.07) is 10.5. The predicted octanol–water partition coefficient (Wildman–Crippen LogP) is 1.88. The number of amides is 1. The van der Waals surface area contributed by atoms with Crippen molar-refractivity contribution in [2.75, 3.05) is 26.8 Å². The average molecular weight is 264 g/mol. The van der Waals surface area contributed by atoms with Crippen LogP contribution in [0.2, 0.25) is 0 Å². The van der Waals surface area contributed by atoms with Crippen molar-refractivity contribution in [3.8, 4) is 0 Å². The van der Waals surface area contributed by atoms with E-state index in [4.69, 9.17) is 4.74 Å². The molecule has 0 fully saturated rings. The molecule has 4 heteroatoms. The van der Waals surface area contributed by atoms with Crippen LogP contribution in [-0.4, -0.2) is 32.7 Å². The second-order valence-corrected chi connectivity index (χ2v) is 4.48. The van der Waals surface area contributed by atoms with E-state index in [-0.39, 0.29) is 11.9 Å². The maximum Gasteiger partial charge on any atom is 0.234 e. The molecule has 4 nitrogen and oxygen atoms in total. The first kappa shape index (κ1) is 15.7. The molecule has 106 valence electrons. The van der Waals surface area contributed by atoms with E-state index in [1.807, 2.05) is 18.2 Å². The van der Waals surface area contributed by atoms with Crippen LogP contribution < -0.4 is 10.6 Å². The highest BCUT2D eigenvalue weighted by Crippen LogP contribution is 2.17. The number of carbonyl (C=O) groups excluding carboxylic acids is 1. The Morgan fingerprint density at radius 2 is 2.05 bits per heavy atom. The quantitative estimate of drug-likeness (QED) is 0.670. The third kappa shape index (κ3) is 6.36. The SMILES string of the molecule is CCCC(NCC(=O)NCCOC)c1ccccc1. The smallest absolute Gasteiger partial charge is 0.234 e. The number of hydrogen-bond acceptors (Lipinski definition) is 3. The lowest BCUT2D eigenvalue weighted by Gasteiger charge is -2.18. The molecule has 0 aromatic heterocycles. The molecule has 0 aliphatic heterocycles. The van der Waals surface area contributed by atoms with Gasteiger partial charge in [-0.2, -0.15) is 0 Å². The van der Waals surface area contributed by atoms with E-state index in [0.29, 0.717) is 19.7 Å². The Morgan fingerprint density at radius 1 is 1.32 bits per heavy atom. The number of ether oxygens (including phenoxy) is 1. The monoisotopic (exact) mass is 264 g/mol. The molecule has 1 amide bonds. The summed E-state index contributed by atoms with van der Waals surface area (Å²) in [5.41, 5.74) is 1.23. The summed E-state index contributed by atoms with van der Waals surface area (Å²) in [5.74, 6) is 0.00841. The second kappa shape index (κ2) is 9.53. The van der Waals surface area contributed by atoms with Crippen LogP contribution in [-0.2, 0) is 9.53 Å². The lowest BCUT2D eigenvalue weighted by atomic mass is 10.0. The fraction of sp³-hybridized carbons (Fsp3) is 0.533. The van der Waals surface area contributed by atoms with Crippen LogP contribution in [0.3, 0.4) is 0 Å². The highest BCUT2D eigenvalue weighted by atomic mass is 16.5. The van der Waals surface area contributed by atoms with Gasteiger partial charge in [0.15, 0.2) is 0 Å². The first-order valence-corrected chi connectivity index (χ1v) is 6.82. The van der Waals surface area contributed by atoms with Crippen molar-refractivity contribution >= 4 is 5.91 Å². The summed E-state index contributed by atoms with van der Waals surface area (Å²) in [4.78, 5) is 11.6. The molecule has 0 radical (unpaired) electrons. The van der Waals surface area contributed by atoms with Gasteiger partial charge in [0.05, 0.1) is 13.2 Å². The molecule has 0 aliphatic carbocycles. The van der Waals surface area contributed by atoms with E-state index in [0.717, 1.165) is 12.8 Å². The van der Waals surface area contributed by atoms with E-state index in [1.165, 1.54) is 5.56 Å². The van der Waals surface area contributed by atoms with Gasteiger partial charge in [0.25, 0.3) is 0 Å². The zero-order valence-electron chi connectivity index (χ0n) is 11.8. The Hall–Kier alpha value is -1.39. The van der Waals surface area contributed by atoms with Crippen molar-refractivity contribution in [1.29, 1.82) is 0 Å². The minimum absolute atomic E-state index is 0.00841. The number of carbonyl (C=O) groups is 1. The first-order valence-electron chi connectivity index (χ1n) is 6.82. The minimum atomic E-state index is 0.00841. The zero-order chi connectivity index (χ0) is 13.9. The molecule has 0 saturated heterocycles. The Bertz CT molecular complexity index is 354. The standard InChI is InChI=1S/C15H24N2O2/c1-3-7-14(13-8-5-4-6-9-13)17-12-15(18)16-10-11-19-2/h4-6,8-9,14,17H,3,7,10-12H2,1-2H3,(H,16,18). The summed E-state index contributed by atoms with van der Waals surface area (Å²) in [5, 5.41) is 6.12. The molecular weight excluding hydrogens is 240 g/mol. The summed E-state index contributed by atoms with van der Waals surface area (Å²) in [6.07, 6.45) is 2.10. The van der Waals surface area contributed by atoms with Crippen molar-refractivity contribution in [3.63, 3.8) is 0 Å². The number of hydrogen-bond donors (Lipinski definition) is 2. The van der Waals surface area contributed by atoms with Crippen LogP contribution >= 0.6 is 0 Å². The molecule has 1 aromatic rings. The predicted molar refractivity (Wildman–Crippen MR) is 77.0 cm³/mol. The highest BCUT2D eigenvalue weighted by Gasteiger charge is 2.11. The van der Waals surface area contributed by atoms with Crippen molar-refractivity contribution in [2.45, 2.75) is 25.8 Å². The maximum atomic E-state index is 11.6. The highest BCUT2D eigenvalue weighted by molar-refractivity contribution is 5.78. The van der Waals surface area contributed by atoms with E-state index in [9.17, 15) is 4.79 Å². The molecular formula is C15H24N2O2. The summed E-state index contributed by atoms with van der Waals surface area (Å²) >= 11 is 0. The van der Waals surface area contributed by atoms with Gasteiger partial charge in [-0.3, -0.25) is 4.79 Å². The van der Waals surface area contributed by atoms with Gasteiger partial charge < -0.3 is 15.4 Å². The summed E-state index contributed by atoms with van der Waals surface area (Å²) in [6.45, 7) is 3.59. The van der Waals surface area contributed by atoms with Gasteiger partial charge in [0, 0.05) is 19.7 Å². The first-order chi connectivity index (χ1) is 9.27. The molecule has 0 bridgehead atoms. The maximum absolute atomic E-state index is 11.6. The van der Waals surface area contributed by atoms with Crippen LogP contribution in [0.5, 0.6) is 0 Å². The van der Waals surface area contributed by atoms with Crippen molar-refractivity contribution in [2.24, 2.45) is 0 Å². The van der Waals surface area contributed by atoms with E-state index in [1.54, 1.807) is 7.11 Å². The average Bonchev–Trinajstić information content (AvgIpc) is 2.44. The van der Waals surface area contributed by atoms with Crippen LogP contribution in [0, 0.1) is 0 Å². The second-order valence-electron chi connectivity index (χ2n) is 4.48. The van der Waals surface area contributed by atoms with E-state index < -0.39 is 0 Å². The molecule has 0 saturated carbocycles. The Morgan fingerprint density at radius 3 is 2.68 bits per heavy atom. The van der Waals surface area contributed by atoms with Gasteiger partial charge in [0.2, 0.25) is 5.91 Å². The third-order valence-electron chi connectivity index (χ3n) is 2.92. The lowest BCUT2D eigenvalue weighted by molar-refractivity contribution is -0.120. The molecule has 2 N–H and O–H groups in total. The van der Waals surface area contributed by atoms with Gasteiger partial charge >= 0.3 is 0 Å². The molecule has 19 heavy (non-hydrogen) atoms. The minimum Gasteiger partial charge on any atom is -0.383 e. The molecule has 0 aliphatic rings. The van der Waals surface area contributed by atoms with Crippen LogP contribution in [0.4, 0.5) is 0 Å². The van der Waals surface area contributed by atoms with Crippen molar-refractivity contribution in [1.82, 2.24) is 10.6 Å². The Balaban J connectivity index is 2.40. The van der Waals surface area contributed by atoms with Crippen LogP contribution in [0.25, 0.3) is 0 Å². The van der Waals surface area contributed by atoms with Crippen molar-refractivity contribution in [3.05, 3.63) is 35.9 Å². The lowest BCUT2D eigenvalue weighted by Crippen LogP contribution is -2.37. The molecule has 0 spiro atoms.